The third kappa shape index (κ3) is 4.08. The molecule has 0 spiro atoms. The first-order valence-electron chi connectivity index (χ1n) is 10.4. The summed E-state index contributed by atoms with van der Waals surface area (Å²) < 4.78 is 0. The van der Waals surface area contributed by atoms with Gasteiger partial charge in [-0.15, -0.1) is 11.3 Å². The van der Waals surface area contributed by atoms with E-state index in [0.717, 1.165) is 37.3 Å². The predicted molar refractivity (Wildman–Crippen MR) is 119 cm³/mol. The smallest absolute Gasteiger partial charge is 0.282 e. The van der Waals surface area contributed by atoms with E-state index in [1.54, 1.807) is 18.6 Å². The summed E-state index contributed by atoms with van der Waals surface area (Å²) in [6.45, 7) is 4.49. The molecule has 2 aliphatic heterocycles. The van der Waals surface area contributed by atoms with Crippen LogP contribution in [0.5, 0.6) is 0 Å². The minimum Gasteiger partial charge on any atom is -0.335 e. The van der Waals surface area contributed by atoms with E-state index in [2.05, 4.69) is 14.9 Å². The van der Waals surface area contributed by atoms with Crippen molar-refractivity contribution < 1.29 is 9.59 Å². The maximum atomic E-state index is 12.9. The molecule has 2 amide bonds. The van der Waals surface area contributed by atoms with E-state index in [0.29, 0.717) is 29.7 Å². The van der Waals surface area contributed by atoms with Gasteiger partial charge in [0.15, 0.2) is 5.01 Å². The monoisotopic (exact) mass is 433 g/mol. The van der Waals surface area contributed by atoms with Gasteiger partial charge in [-0.25, -0.2) is 4.98 Å². The van der Waals surface area contributed by atoms with Crippen molar-refractivity contribution in [2.75, 3.05) is 39.3 Å². The van der Waals surface area contributed by atoms with Gasteiger partial charge in [-0.2, -0.15) is 0 Å². The quantitative estimate of drug-likeness (QED) is 0.632. The fourth-order valence-electron chi connectivity index (χ4n) is 4.13. The van der Waals surface area contributed by atoms with Gasteiger partial charge in [0.2, 0.25) is 0 Å². The van der Waals surface area contributed by atoms with Crippen LogP contribution < -0.4 is 0 Å². The van der Waals surface area contributed by atoms with Crippen LogP contribution in [0.1, 0.15) is 20.2 Å². The number of benzene rings is 1. The Kier molecular flexibility index (Phi) is 5.48. The first kappa shape index (κ1) is 19.8. The van der Waals surface area contributed by atoms with Crippen LogP contribution >= 0.6 is 11.3 Å². The number of carbonyl (C=O) groups is 2. The number of amides is 2. The highest BCUT2D eigenvalue weighted by Crippen LogP contribution is 2.23. The fraction of sp³-hybridized carbons (Fsp3) is 0.304. The van der Waals surface area contributed by atoms with E-state index in [1.165, 1.54) is 11.3 Å². The number of pyridine rings is 1. The Labute approximate surface area is 185 Å². The van der Waals surface area contributed by atoms with Crippen LogP contribution in [0.3, 0.4) is 0 Å². The molecule has 4 heterocycles. The van der Waals surface area contributed by atoms with Gasteiger partial charge in [0, 0.05) is 74.8 Å². The lowest BCUT2D eigenvalue weighted by Gasteiger charge is -2.48. The van der Waals surface area contributed by atoms with Crippen LogP contribution in [0.2, 0.25) is 0 Å². The van der Waals surface area contributed by atoms with Gasteiger partial charge in [-0.1, -0.05) is 30.3 Å². The van der Waals surface area contributed by atoms with Crippen LogP contribution in [-0.4, -0.2) is 81.8 Å². The molecule has 0 atom stereocenters. The zero-order valence-electron chi connectivity index (χ0n) is 17.1. The highest BCUT2D eigenvalue weighted by atomic mass is 32.1. The number of hydrogen-bond acceptors (Lipinski definition) is 6. The maximum Gasteiger partial charge on any atom is 0.282 e. The van der Waals surface area contributed by atoms with Crippen LogP contribution in [0.4, 0.5) is 0 Å². The molecule has 31 heavy (non-hydrogen) atoms. The fourth-order valence-corrected chi connectivity index (χ4v) is 4.74. The molecule has 158 valence electrons. The molecule has 0 radical (unpaired) electrons. The molecule has 5 rings (SSSR count). The molecule has 2 aliphatic rings. The normalized spacial score (nSPS) is 17.4. The SMILES string of the molecule is O=C(c1cncc(-c2ccccc2)c1)N1CC(N2CCN(C(=O)c3nccs3)CC2)C1. The molecule has 0 unspecified atom stereocenters. The van der Waals surface area contributed by atoms with Crippen molar-refractivity contribution in [3.8, 4) is 11.1 Å². The minimum atomic E-state index is 0.0193. The molecule has 8 heteroatoms. The third-order valence-corrected chi connectivity index (χ3v) is 6.74. The van der Waals surface area contributed by atoms with Crippen LogP contribution in [0.25, 0.3) is 11.1 Å². The molecule has 0 saturated carbocycles. The zero-order valence-corrected chi connectivity index (χ0v) is 17.9. The Morgan fingerprint density at radius 2 is 1.68 bits per heavy atom. The van der Waals surface area contributed by atoms with Crippen molar-refractivity contribution in [3.05, 3.63) is 70.9 Å². The van der Waals surface area contributed by atoms with Gasteiger partial charge >= 0.3 is 0 Å². The molecule has 3 aromatic rings. The number of likely N-dealkylation sites (tertiary alicyclic amines) is 1. The molecule has 2 aromatic heterocycles. The predicted octanol–water partition coefficient (Wildman–Crippen LogP) is 2.49. The van der Waals surface area contributed by atoms with E-state index in [9.17, 15) is 9.59 Å². The van der Waals surface area contributed by atoms with E-state index in [-0.39, 0.29) is 11.8 Å². The summed E-state index contributed by atoms with van der Waals surface area (Å²) in [5.74, 6) is 0.0463. The second-order valence-corrected chi connectivity index (χ2v) is 8.75. The van der Waals surface area contributed by atoms with Crippen molar-refractivity contribution in [2.45, 2.75) is 6.04 Å². The molecular formula is C23H23N5O2S. The highest BCUT2D eigenvalue weighted by Gasteiger charge is 2.37. The number of carbonyl (C=O) groups excluding carboxylic acids is 2. The van der Waals surface area contributed by atoms with Gasteiger partial charge in [0.25, 0.3) is 11.8 Å². The topological polar surface area (TPSA) is 69.6 Å². The van der Waals surface area contributed by atoms with Crippen LogP contribution in [0, 0.1) is 0 Å². The van der Waals surface area contributed by atoms with Crippen molar-refractivity contribution in [1.29, 1.82) is 0 Å². The summed E-state index contributed by atoms with van der Waals surface area (Å²) in [5.41, 5.74) is 2.62. The first-order valence-corrected chi connectivity index (χ1v) is 11.3. The van der Waals surface area contributed by atoms with E-state index in [1.807, 2.05) is 51.6 Å². The van der Waals surface area contributed by atoms with Gasteiger partial charge in [-0.3, -0.25) is 19.5 Å². The molecule has 7 nitrogen and oxygen atoms in total. The third-order valence-electron chi connectivity index (χ3n) is 5.97. The van der Waals surface area contributed by atoms with E-state index in [4.69, 9.17) is 0 Å². The molecule has 2 saturated heterocycles. The molecule has 0 N–H and O–H groups in total. The minimum absolute atomic E-state index is 0.0193. The molecule has 0 aliphatic carbocycles. The van der Waals surface area contributed by atoms with Crippen LogP contribution in [-0.2, 0) is 0 Å². The Morgan fingerprint density at radius 3 is 2.39 bits per heavy atom. The number of nitrogens with zero attached hydrogens (tertiary/aromatic N) is 5. The summed E-state index contributed by atoms with van der Waals surface area (Å²) in [5, 5.41) is 2.38. The van der Waals surface area contributed by atoms with Crippen molar-refractivity contribution in [3.63, 3.8) is 0 Å². The Hall–Kier alpha value is -3.10. The average Bonchev–Trinajstić information content (AvgIpc) is 3.34. The summed E-state index contributed by atoms with van der Waals surface area (Å²) in [4.78, 5) is 39.9. The second-order valence-electron chi connectivity index (χ2n) is 7.86. The van der Waals surface area contributed by atoms with Crippen molar-refractivity contribution in [2.24, 2.45) is 0 Å². The molecule has 2 fully saturated rings. The second kappa shape index (κ2) is 8.56. The molecule has 0 bridgehead atoms. The van der Waals surface area contributed by atoms with E-state index < -0.39 is 0 Å². The number of aromatic nitrogens is 2. The first-order chi connectivity index (χ1) is 15.2. The summed E-state index contributed by atoms with van der Waals surface area (Å²) in [6.07, 6.45) is 5.10. The van der Waals surface area contributed by atoms with E-state index >= 15 is 0 Å². The van der Waals surface area contributed by atoms with Gasteiger partial charge in [0.05, 0.1) is 5.56 Å². The Balaban J connectivity index is 1.15. The maximum absolute atomic E-state index is 12.9. The Morgan fingerprint density at radius 1 is 0.903 bits per heavy atom. The number of hydrogen-bond donors (Lipinski definition) is 0. The Bertz CT molecular complexity index is 1060. The summed E-state index contributed by atoms with van der Waals surface area (Å²) in [7, 11) is 0. The van der Waals surface area contributed by atoms with Crippen LogP contribution in [0.15, 0.2) is 60.4 Å². The van der Waals surface area contributed by atoms with Crippen molar-refractivity contribution >= 4 is 23.2 Å². The summed E-state index contributed by atoms with van der Waals surface area (Å²) in [6, 6.07) is 12.2. The van der Waals surface area contributed by atoms with Gasteiger partial charge < -0.3 is 9.80 Å². The number of piperazine rings is 1. The average molecular weight is 434 g/mol. The largest absolute Gasteiger partial charge is 0.335 e. The zero-order chi connectivity index (χ0) is 21.2. The lowest BCUT2D eigenvalue weighted by atomic mass is 10.0. The number of rotatable bonds is 4. The standard InChI is InChI=1S/C23H23N5O2S/c29-22(19-12-18(13-24-14-19)17-4-2-1-3-5-17)28-15-20(16-28)26-7-9-27(10-8-26)23(30)21-25-6-11-31-21/h1-6,11-14,20H,7-10,15-16H2. The molecular weight excluding hydrogens is 410 g/mol. The summed E-state index contributed by atoms with van der Waals surface area (Å²) >= 11 is 1.38. The van der Waals surface area contributed by atoms with Gasteiger partial charge in [-0.05, 0) is 11.6 Å². The highest BCUT2D eigenvalue weighted by molar-refractivity contribution is 7.11. The lowest BCUT2D eigenvalue weighted by molar-refractivity contribution is 0.00851. The number of thiazole rings is 1. The van der Waals surface area contributed by atoms with Gasteiger partial charge in [0.1, 0.15) is 0 Å². The van der Waals surface area contributed by atoms with Crippen molar-refractivity contribution in [1.82, 2.24) is 24.7 Å². The molecule has 1 aromatic carbocycles. The lowest BCUT2D eigenvalue weighted by Crippen LogP contribution is -2.64.